The zero-order chi connectivity index (χ0) is 9.68. The molecule has 6 heteroatoms. The van der Waals surface area contributed by atoms with E-state index in [2.05, 4.69) is 20.4 Å². The van der Waals surface area contributed by atoms with Gasteiger partial charge in [0.15, 0.2) is 5.82 Å². The normalized spacial score (nSPS) is 9.69. The van der Waals surface area contributed by atoms with E-state index in [-0.39, 0.29) is 0 Å². The summed E-state index contributed by atoms with van der Waals surface area (Å²) in [7, 11) is 0. The molecule has 13 heavy (non-hydrogen) atoms. The summed E-state index contributed by atoms with van der Waals surface area (Å²) in [5.41, 5.74) is 2.47. The molecule has 1 N–H and O–H groups in total. The highest BCUT2D eigenvalue weighted by Crippen LogP contribution is 1.92. The van der Waals surface area contributed by atoms with E-state index < -0.39 is 6.09 Å². The third-order valence-corrected chi connectivity index (χ3v) is 1.42. The van der Waals surface area contributed by atoms with E-state index in [9.17, 15) is 4.79 Å². The topological polar surface area (TPSA) is 69.0 Å². The van der Waals surface area contributed by atoms with Gasteiger partial charge in [-0.1, -0.05) is 6.92 Å². The van der Waals surface area contributed by atoms with Crippen molar-refractivity contribution in [1.29, 1.82) is 0 Å². The summed E-state index contributed by atoms with van der Waals surface area (Å²) in [6.07, 6.45) is 1.62. The summed E-state index contributed by atoms with van der Waals surface area (Å²) < 4.78 is 6.13. The van der Waals surface area contributed by atoms with Crippen LogP contribution in [0.25, 0.3) is 0 Å². The molecule has 0 bridgehead atoms. The molecule has 0 aromatic carbocycles. The molecule has 0 fully saturated rings. The summed E-state index contributed by atoms with van der Waals surface area (Å²) >= 11 is 0. The number of aromatic nitrogens is 3. The first-order valence-corrected chi connectivity index (χ1v) is 4.10. The molecule has 0 saturated heterocycles. The number of nitrogens with one attached hydrogen (secondary N) is 1. The summed E-state index contributed by atoms with van der Waals surface area (Å²) in [4.78, 5) is 11.0. The van der Waals surface area contributed by atoms with Gasteiger partial charge in [-0.2, -0.15) is 0 Å². The van der Waals surface area contributed by atoms with Gasteiger partial charge in [-0.05, 0) is 6.92 Å². The van der Waals surface area contributed by atoms with Crippen LogP contribution in [0.1, 0.15) is 19.7 Å². The Labute approximate surface area is 75.9 Å². The van der Waals surface area contributed by atoms with Crippen LogP contribution in [0, 0.1) is 0 Å². The smallest absolute Gasteiger partial charge is 0.426 e. The number of nitrogens with zero attached hydrogens (tertiary/aromatic N) is 3. The monoisotopic (exact) mass is 184 g/mol. The van der Waals surface area contributed by atoms with Gasteiger partial charge in [0.2, 0.25) is 0 Å². The van der Waals surface area contributed by atoms with Crippen LogP contribution in [0.5, 0.6) is 0 Å². The van der Waals surface area contributed by atoms with Gasteiger partial charge in [0.1, 0.15) is 6.33 Å². The molecule has 72 valence electrons. The van der Waals surface area contributed by atoms with Gasteiger partial charge in [0.05, 0.1) is 6.61 Å². The van der Waals surface area contributed by atoms with Gasteiger partial charge in [-0.25, -0.2) is 14.9 Å². The molecule has 0 saturated carbocycles. The van der Waals surface area contributed by atoms with E-state index in [1.165, 1.54) is 11.0 Å². The number of ether oxygens (including phenoxy) is 1. The fourth-order valence-electron chi connectivity index (χ4n) is 0.855. The molecule has 1 heterocycles. The second-order valence-corrected chi connectivity index (χ2v) is 2.30. The van der Waals surface area contributed by atoms with Crippen molar-refractivity contribution in [1.82, 2.24) is 14.9 Å². The number of rotatable bonds is 3. The summed E-state index contributed by atoms with van der Waals surface area (Å²) in [5.74, 6) is 0.688. The van der Waals surface area contributed by atoms with Crippen molar-refractivity contribution >= 4 is 6.09 Å². The molecular weight excluding hydrogens is 172 g/mol. The number of aryl methyl sites for hydroxylation is 1. The Kier molecular flexibility index (Phi) is 3.24. The SMILES string of the molecule is CCOC(=O)Nn1cnnc1CC. The Morgan fingerprint density at radius 2 is 2.46 bits per heavy atom. The van der Waals surface area contributed by atoms with Crippen molar-refractivity contribution < 1.29 is 9.53 Å². The molecule has 0 radical (unpaired) electrons. The zero-order valence-electron chi connectivity index (χ0n) is 7.65. The van der Waals surface area contributed by atoms with Crippen LogP contribution in [0.2, 0.25) is 0 Å². The Bertz CT molecular complexity index is 284. The zero-order valence-corrected chi connectivity index (χ0v) is 7.65. The van der Waals surface area contributed by atoms with Gasteiger partial charge in [0, 0.05) is 6.42 Å². The predicted molar refractivity (Wildman–Crippen MR) is 45.8 cm³/mol. The van der Waals surface area contributed by atoms with E-state index in [1.807, 2.05) is 6.92 Å². The highest BCUT2D eigenvalue weighted by Gasteiger charge is 2.05. The molecular formula is C7H12N4O2. The maximum Gasteiger partial charge on any atom is 0.426 e. The average Bonchev–Trinajstić information content (AvgIpc) is 2.52. The lowest BCUT2D eigenvalue weighted by atomic mass is 10.5. The fourth-order valence-corrected chi connectivity index (χ4v) is 0.855. The number of hydrogen-bond acceptors (Lipinski definition) is 4. The average molecular weight is 184 g/mol. The van der Waals surface area contributed by atoms with Crippen molar-refractivity contribution in [3.05, 3.63) is 12.2 Å². The third-order valence-electron chi connectivity index (χ3n) is 1.42. The molecule has 1 rings (SSSR count). The van der Waals surface area contributed by atoms with Crippen molar-refractivity contribution in [2.45, 2.75) is 20.3 Å². The molecule has 0 atom stereocenters. The van der Waals surface area contributed by atoms with Crippen molar-refractivity contribution in [3.8, 4) is 0 Å². The van der Waals surface area contributed by atoms with Gasteiger partial charge in [0.25, 0.3) is 0 Å². The second-order valence-electron chi connectivity index (χ2n) is 2.30. The van der Waals surface area contributed by atoms with E-state index in [0.29, 0.717) is 18.9 Å². The molecule has 0 spiro atoms. The van der Waals surface area contributed by atoms with E-state index >= 15 is 0 Å². The van der Waals surface area contributed by atoms with Gasteiger partial charge < -0.3 is 4.74 Å². The van der Waals surface area contributed by atoms with Crippen LogP contribution in [-0.2, 0) is 11.2 Å². The lowest BCUT2D eigenvalue weighted by Gasteiger charge is -2.06. The molecule has 0 aliphatic heterocycles. The van der Waals surface area contributed by atoms with Crippen molar-refractivity contribution in [2.24, 2.45) is 0 Å². The van der Waals surface area contributed by atoms with E-state index in [0.717, 1.165) is 0 Å². The fraction of sp³-hybridized carbons (Fsp3) is 0.571. The minimum absolute atomic E-state index is 0.343. The summed E-state index contributed by atoms with van der Waals surface area (Å²) in [5, 5.41) is 7.44. The van der Waals surface area contributed by atoms with Crippen molar-refractivity contribution in [3.63, 3.8) is 0 Å². The molecule has 0 unspecified atom stereocenters. The van der Waals surface area contributed by atoms with Crippen LogP contribution in [0.4, 0.5) is 4.79 Å². The minimum atomic E-state index is -0.503. The lowest BCUT2D eigenvalue weighted by Crippen LogP contribution is -2.24. The second kappa shape index (κ2) is 4.44. The molecule has 1 aromatic rings. The quantitative estimate of drug-likeness (QED) is 0.744. The van der Waals surface area contributed by atoms with Crippen molar-refractivity contribution in [2.75, 3.05) is 12.0 Å². The van der Waals surface area contributed by atoms with Crippen LogP contribution >= 0.6 is 0 Å². The van der Waals surface area contributed by atoms with Gasteiger partial charge >= 0.3 is 6.09 Å². The minimum Gasteiger partial charge on any atom is -0.449 e. The van der Waals surface area contributed by atoms with E-state index in [1.54, 1.807) is 6.92 Å². The Morgan fingerprint density at radius 1 is 1.69 bits per heavy atom. The Hall–Kier alpha value is -1.59. The third kappa shape index (κ3) is 2.43. The molecule has 6 nitrogen and oxygen atoms in total. The standard InChI is InChI=1S/C7H12N4O2/c1-3-6-9-8-5-11(6)10-7(12)13-4-2/h5H,3-4H2,1-2H3,(H,10,12). The molecule has 1 amide bonds. The van der Waals surface area contributed by atoms with E-state index in [4.69, 9.17) is 0 Å². The van der Waals surface area contributed by atoms with Crippen LogP contribution in [0.15, 0.2) is 6.33 Å². The number of hydrogen-bond donors (Lipinski definition) is 1. The Morgan fingerprint density at radius 3 is 3.08 bits per heavy atom. The highest BCUT2D eigenvalue weighted by atomic mass is 16.6. The highest BCUT2D eigenvalue weighted by molar-refractivity contribution is 5.75. The summed E-state index contributed by atoms with van der Waals surface area (Å²) in [6, 6.07) is 0. The largest absolute Gasteiger partial charge is 0.449 e. The van der Waals surface area contributed by atoms with Gasteiger partial charge in [-0.15, -0.1) is 10.2 Å². The molecule has 1 aromatic heterocycles. The first-order valence-electron chi connectivity index (χ1n) is 4.10. The predicted octanol–water partition coefficient (Wildman–Crippen LogP) is 0.540. The van der Waals surface area contributed by atoms with Gasteiger partial charge in [-0.3, -0.25) is 0 Å². The number of amides is 1. The first kappa shape index (κ1) is 9.50. The molecule has 0 aliphatic rings. The summed E-state index contributed by atoms with van der Waals surface area (Å²) in [6.45, 7) is 4.01. The lowest BCUT2D eigenvalue weighted by molar-refractivity contribution is 0.164. The number of carbonyl (C=O) groups excluding carboxylic acids is 1. The molecule has 0 aliphatic carbocycles. The van der Waals surface area contributed by atoms with Crippen LogP contribution in [0.3, 0.4) is 0 Å². The van der Waals surface area contributed by atoms with Crippen LogP contribution < -0.4 is 5.43 Å². The first-order chi connectivity index (χ1) is 6.27. The number of carbonyl (C=O) groups is 1. The maximum absolute atomic E-state index is 11.0. The van der Waals surface area contributed by atoms with Crippen LogP contribution in [-0.4, -0.2) is 27.6 Å². The maximum atomic E-state index is 11.0. The Balaban J connectivity index is 2.57.